The van der Waals surface area contributed by atoms with Gasteiger partial charge in [0.2, 0.25) is 0 Å². The van der Waals surface area contributed by atoms with Gasteiger partial charge in [-0.25, -0.2) is 0 Å². The molecular weight excluding hydrogens is 351 g/mol. The van der Waals surface area contributed by atoms with E-state index in [1.807, 2.05) is 12.1 Å². The average molecular weight is 369 g/mol. The molecule has 2 heterocycles. The van der Waals surface area contributed by atoms with Gasteiger partial charge in [-0.1, -0.05) is 41.4 Å². The van der Waals surface area contributed by atoms with E-state index in [0.717, 1.165) is 17.8 Å². The largest absolute Gasteiger partial charge is 0.319 e. The molecular formula is C21H18Cl2N2. The van der Waals surface area contributed by atoms with E-state index >= 15 is 0 Å². The maximum absolute atomic E-state index is 6.49. The Kier molecular flexibility index (Phi) is 3.67. The van der Waals surface area contributed by atoms with Crippen LogP contribution in [0, 0.1) is 0 Å². The molecule has 5 rings (SSSR count). The highest BCUT2D eigenvalue weighted by Crippen LogP contribution is 2.36. The van der Waals surface area contributed by atoms with Crippen molar-refractivity contribution in [1.82, 2.24) is 9.88 Å². The van der Waals surface area contributed by atoms with Gasteiger partial charge in [-0.2, -0.15) is 0 Å². The molecule has 0 radical (unpaired) electrons. The zero-order valence-corrected chi connectivity index (χ0v) is 15.2. The molecule has 1 atom stereocenters. The molecule has 1 N–H and O–H groups in total. The molecule has 1 aliphatic carbocycles. The van der Waals surface area contributed by atoms with E-state index in [1.54, 1.807) is 0 Å². The van der Waals surface area contributed by atoms with Gasteiger partial charge in [0.05, 0.1) is 11.7 Å². The predicted molar refractivity (Wildman–Crippen MR) is 103 cm³/mol. The minimum absolute atomic E-state index is 0.142. The number of rotatable bonds is 1. The van der Waals surface area contributed by atoms with Gasteiger partial charge in [-0.15, -0.1) is 0 Å². The van der Waals surface area contributed by atoms with Crippen LogP contribution in [0.3, 0.4) is 0 Å². The van der Waals surface area contributed by atoms with Crippen LogP contribution in [0.1, 0.15) is 40.4 Å². The number of nitrogens with zero attached hydrogens (tertiary/aromatic N) is 1. The van der Waals surface area contributed by atoms with E-state index in [0.29, 0.717) is 10.0 Å². The Bertz CT molecular complexity index is 974. The number of nitrogens with one attached hydrogen (secondary N) is 1. The first-order valence-corrected chi connectivity index (χ1v) is 9.47. The number of benzene rings is 2. The van der Waals surface area contributed by atoms with Crippen LogP contribution < -0.4 is 5.32 Å². The average Bonchev–Trinajstić information content (AvgIpc) is 3.22. The van der Waals surface area contributed by atoms with Crippen molar-refractivity contribution in [1.29, 1.82) is 0 Å². The molecule has 1 aromatic heterocycles. The second-order valence-corrected chi connectivity index (χ2v) is 7.73. The molecule has 1 aliphatic heterocycles. The monoisotopic (exact) mass is 368 g/mol. The zero-order chi connectivity index (χ0) is 17.0. The Balaban J connectivity index is 1.65. The molecule has 0 amide bonds. The summed E-state index contributed by atoms with van der Waals surface area (Å²) < 4.78 is 2.21. The van der Waals surface area contributed by atoms with Crippen molar-refractivity contribution in [3.8, 4) is 5.69 Å². The van der Waals surface area contributed by atoms with Crippen LogP contribution in [-0.2, 0) is 19.4 Å². The highest BCUT2D eigenvalue weighted by molar-refractivity contribution is 6.35. The van der Waals surface area contributed by atoms with E-state index in [-0.39, 0.29) is 6.04 Å². The summed E-state index contributed by atoms with van der Waals surface area (Å²) in [7, 11) is 0. The smallest absolute Gasteiger partial charge is 0.0737 e. The van der Waals surface area contributed by atoms with Crippen LogP contribution in [0.4, 0.5) is 0 Å². The van der Waals surface area contributed by atoms with Gasteiger partial charge in [-0.3, -0.25) is 0 Å². The molecule has 1 unspecified atom stereocenters. The van der Waals surface area contributed by atoms with E-state index in [9.17, 15) is 0 Å². The van der Waals surface area contributed by atoms with Crippen LogP contribution in [0.2, 0.25) is 10.0 Å². The molecule has 126 valence electrons. The Hall–Kier alpha value is -1.74. The molecule has 0 spiro atoms. The summed E-state index contributed by atoms with van der Waals surface area (Å²) in [5, 5.41) is 5.08. The maximum atomic E-state index is 6.49. The van der Waals surface area contributed by atoms with Crippen molar-refractivity contribution >= 4 is 23.2 Å². The van der Waals surface area contributed by atoms with Gasteiger partial charge in [0.25, 0.3) is 0 Å². The standard InChI is InChI=1S/C21H18Cl2N2/c22-16-10-18(23)17-12-24-21(19-5-2-8-25(19)20(17)11-16)15-7-6-13-3-1-4-14(13)9-15/h2,5-11,21,24H,1,3-4,12H2. The van der Waals surface area contributed by atoms with Crippen molar-refractivity contribution in [2.24, 2.45) is 0 Å². The Labute approximate surface area is 157 Å². The fourth-order valence-corrected chi connectivity index (χ4v) is 4.75. The van der Waals surface area contributed by atoms with Crippen LogP contribution in [0.5, 0.6) is 0 Å². The summed E-state index contributed by atoms with van der Waals surface area (Å²) in [6.07, 6.45) is 5.77. The fourth-order valence-electron chi connectivity index (χ4n) is 4.20. The normalized spacial score (nSPS) is 18.4. The number of hydrogen-bond acceptors (Lipinski definition) is 1. The number of aryl methyl sites for hydroxylation is 2. The first-order valence-electron chi connectivity index (χ1n) is 8.71. The van der Waals surface area contributed by atoms with Crippen LogP contribution in [0.15, 0.2) is 48.7 Å². The Morgan fingerprint density at radius 1 is 1.00 bits per heavy atom. The first-order chi connectivity index (χ1) is 12.2. The van der Waals surface area contributed by atoms with Crippen molar-refractivity contribution < 1.29 is 0 Å². The van der Waals surface area contributed by atoms with Gasteiger partial charge < -0.3 is 9.88 Å². The maximum Gasteiger partial charge on any atom is 0.0737 e. The third kappa shape index (κ3) is 2.52. The number of halogens is 2. The number of hydrogen-bond donors (Lipinski definition) is 1. The number of fused-ring (bicyclic) bond motifs is 4. The molecule has 4 heteroatoms. The highest BCUT2D eigenvalue weighted by atomic mass is 35.5. The Morgan fingerprint density at radius 2 is 1.88 bits per heavy atom. The van der Waals surface area contributed by atoms with Crippen LogP contribution in [-0.4, -0.2) is 4.57 Å². The van der Waals surface area contributed by atoms with Crippen molar-refractivity contribution in [2.45, 2.75) is 31.8 Å². The number of aromatic nitrogens is 1. The third-order valence-corrected chi connectivity index (χ3v) is 5.97. The highest BCUT2D eigenvalue weighted by Gasteiger charge is 2.25. The quantitative estimate of drug-likeness (QED) is 0.602. The molecule has 0 bridgehead atoms. The van der Waals surface area contributed by atoms with Gasteiger partial charge >= 0.3 is 0 Å². The van der Waals surface area contributed by atoms with E-state index < -0.39 is 0 Å². The summed E-state index contributed by atoms with van der Waals surface area (Å²) in [4.78, 5) is 0. The zero-order valence-electron chi connectivity index (χ0n) is 13.7. The summed E-state index contributed by atoms with van der Waals surface area (Å²) in [5.74, 6) is 0. The second kappa shape index (κ2) is 5.91. The third-order valence-electron chi connectivity index (χ3n) is 5.41. The fraction of sp³-hybridized carbons (Fsp3) is 0.238. The Morgan fingerprint density at radius 3 is 2.80 bits per heavy atom. The summed E-state index contributed by atoms with van der Waals surface area (Å²) in [5.41, 5.74) is 7.69. The lowest BCUT2D eigenvalue weighted by Gasteiger charge is -2.19. The molecule has 0 saturated carbocycles. The van der Waals surface area contributed by atoms with E-state index in [1.165, 1.54) is 41.6 Å². The molecule has 3 aromatic rings. The summed E-state index contributed by atoms with van der Waals surface area (Å²) in [6.45, 7) is 0.717. The molecule has 2 nitrogen and oxygen atoms in total. The van der Waals surface area contributed by atoms with Gasteiger partial charge in [0.15, 0.2) is 0 Å². The molecule has 2 aromatic carbocycles. The van der Waals surface area contributed by atoms with Gasteiger partial charge in [0.1, 0.15) is 0 Å². The van der Waals surface area contributed by atoms with Crippen molar-refractivity contribution in [3.63, 3.8) is 0 Å². The summed E-state index contributed by atoms with van der Waals surface area (Å²) in [6, 6.07) is 15.2. The first kappa shape index (κ1) is 15.5. The van der Waals surface area contributed by atoms with Crippen molar-refractivity contribution in [2.75, 3.05) is 0 Å². The minimum Gasteiger partial charge on any atom is -0.319 e. The van der Waals surface area contributed by atoms with E-state index in [2.05, 4.69) is 46.4 Å². The lowest BCUT2D eigenvalue weighted by molar-refractivity contribution is 0.600. The summed E-state index contributed by atoms with van der Waals surface area (Å²) >= 11 is 12.8. The van der Waals surface area contributed by atoms with Crippen molar-refractivity contribution in [3.05, 3.63) is 86.7 Å². The van der Waals surface area contributed by atoms with E-state index in [4.69, 9.17) is 23.2 Å². The lowest BCUT2D eigenvalue weighted by Crippen LogP contribution is -2.21. The van der Waals surface area contributed by atoms with Crippen LogP contribution >= 0.6 is 23.2 Å². The minimum atomic E-state index is 0.142. The predicted octanol–water partition coefficient (Wildman–Crippen LogP) is 5.47. The van der Waals surface area contributed by atoms with Gasteiger partial charge in [-0.05, 0) is 60.2 Å². The van der Waals surface area contributed by atoms with Gasteiger partial charge in [0, 0.05) is 34.0 Å². The van der Waals surface area contributed by atoms with Crippen LogP contribution in [0.25, 0.3) is 5.69 Å². The molecule has 25 heavy (non-hydrogen) atoms. The molecule has 0 fully saturated rings. The SMILES string of the molecule is Clc1cc(Cl)c2c(c1)-n1cccc1C(c1ccc3c(c1)CCC3)NC2. The second-order valence-electron chi connectivity index (χ2n) is 6.88. The topological polar surface area (TPSA) is 17.0 Å². The molecule has 0 saturated heterocycles. The molecule has 2 aliphatic rings. The lowest BCUT2D eigenvalue weighted by atomic mass is 9.99.